The molecule has 0 atom stereocenters. The molecule has 2 rings (SSSR count). The Morgan fingerprint density at radius 2 is 1.81 bits per heavy atom. The molecule has 21 heavy (non-hydrogen) atoms. The van der Waals surface area contributed by atoms with Gasteiger partial charge >= 0.3 is 0 Å². The van der Waals surface area contributed by atoms with Crippen LogP contribution in [0.5, 0.6) is 0 Å². The van der Waals surface area contributed by atoms with E-state index >= 15 is 0 Å². The average molecular weight is 300 g/mol. The number of nitrogens with zero attached hydrogens (tertiary/aromatic N) is 1. The lowest BCUT2D eigenvalue weighted by molar-refractivity contribution is 0.865. The molecule has 0 saturated heterocycles. The van der Waals surface area contributed by atoms with Crippen molar-refractivity contribution in [2.75, 3.05) is 11.9 Å². The highest BCUT2D eigenvalue weighted by Crippen LogP contribution is 2.30. The van der Waals surface area contributed by atoms with Crippen molar-refractivity contribution in [1.29, 1.82) is 0 Å². The number of rotatable bonds is 5. The lowest BCUT2D eigenvalue weighted by atomic mass is 10.0. The fraction of sp³-hybridized carbons (Fsp3) is 0.263. The molecule has 0 radical (unpaired) electrons. The third-order valence-electron chi connectivity index (χ3n) is 3.70. The molecule has 0 saturated carbocycles. The van der Waals surface area contributed by atoms with Crippen LogP contribution in [0.2, 0.25) is 5.02 Å². The highest BCUT2D eigenvalue weighted by Gasteiger charge is 2.07. The van der Waals surface area contributed by atoms with Gasteiger partial charge in [-0.05, 0) is 43.2 Å². The standard InChI is InChI=1S/C19H22ClN/c1-5-6-15(3)21(4)17-10-8-16(9-11-17)18-13-14(2)7-12-19(18)20/h7-13H,3,5-6H2,1-2,4H3. The molecular weight excluding hydrogens is 278 g/mol. The average Bonchev–Trinajstić information content (AvgIpc) is 2.49. The number of benzene rings is 2. The lowest BCUT2D eigenvalue weighted by Gasteiger charge is -2.22. The number of hydrogen-bond donors (Lipinski definition) is 0. The maximum atomic E-state index is 6.30. The summed E-state index contributed by atoms with van der Waals surface area (Å²) in [7, 11) is 2.06. The van der Waals surface area contributed by atoms with Gasteiger partial charge < -0.3 is 4.90 Å². The number of halogens is 1. The van der Waals surface area contributed by atoms with Gasteiger partial charge in [-0.1, -0.05) is 55.3 Å². The predicted molar refractivity (Wildman–Crippen MR) is 94.1 cm³/mol. The Labute approximate surface area is 132 Å². The molecule has 0 fully saturated rings. The first-order valence-corrected chi connectivity index (χ1v) is 7.68. The van der Waals surface area contributed by atoms with E-state index in [-0.39, 0.29) is 0 Å². The molecule has 0 aliphatic heterocycles. The van der Waals surface area contributed by atoms with Crippen LogP contribution in [-0.2, 0) is 0 Å². The highest BCUT2D eigenvalue weighted by molar-refractivity contribution is 6.33. The van der Waals surface area contributed by atoms with Crippen molar-refractivity contribution >= 4 is 17.3 Å². The zero-order valence-corrected chi connectivity index (χ0v) is 13.7. The van der Waals surface area contributed by atoms with Crippen molar-refractivity contribution in [3.05, 3.63) is 65.3 Å². The van der Waals surface area contributed by atoms with Gasteiger partial charge in [-0.3, -0.25) is 0 Å². The molecule has 1 nitrogen and oxygen atoms in total. The molecule has 110 valence electrons. The third kappa shape index (κ3) is 3.68. The molecular formula is C19H22ClN. The maximum absolute atomic E-state index is 6.30. The maximum Gasteiger partial charge on any atom is 0.0484 e. The van der Waals surface area contributed by atoms with Crippen LogP contribution in [0.1, 0.15) is 25.3 Å². The van der Waals surface area contributed by atoms with Gasteiger partial charge in [0.25, 0.3) is 0 Å². The summed E-state index contributed by atoms with van der Waals surface area (Å²) < 4.78 is 0. The Bertz CT molecular complexity index is 629. The highest BCUT2D eigenvalue weighted by atomic mass is 35.5. The number of hydrogen-bond acceptors (Lipinski definition) is 1. The molecule has 0 unspecified atom stereocenters. The summed E-state index contributed by atoms with van der Waals surface area (Å²) in [5.41, 5.74) is 5.73. The molecule has 2 heteroatoms. The number of anilines is 1. The zero-order valence-electron chi connectivity index (χ0n) is 13.0. The summed E-state index contributed by atoms with van der Waals surface area (Å²) in [6.45, 7) is 8.38. The molecule has 0 heterocycles. The minimum Gasteiger partial charge on any atom is -0.349 e. The fourth-order valence-corrected chi connectivity index (χ4v) is 2.59. The first-order valence-electron chi connectivity index (χ1n) is 7.31. The van der Waals surface area contributed by atoms with Crippen molar-refractivity contribution in [2.45, 2.75) is 26.7 Å². The minimum atomic E-state index is 0.789. The third-order valence-corrected chi connectivity index (χ3v) is 4.03. The van der Waals surface area contributed by atoms with Crippen LogP contribution in [0.15, 0.2) is 54.7 Å². The van der Waals surface area contributed by atoms with Gasteiger partial charge in [0.1, 0.15) is 0 Å². The first kappa shape index (κ1) is 15.7. The van der Waals surface area contributed by atoms with E-state index in [0.717, 1.165) is 40.4 Å². The SMILES string of the molecule is C=C(CCC)N(C)c1ccc(-c2cc(C)ccc2Cl)cc1. The van der Waals surface area contributed by atoms with Crippen molar-refractivity contribution in [2.24, 2.45) is 0 Å². The van der Waals surface area contributed by atoms with Gasteiger partial charge in [-0.15, -0.1) is 0 Å². The lowest BCUT2D eigenvalue weighted by Crippen LogP contribution is -2.15. The van der Waals surface area contributed by atoms with E-state index in [4.69, 9.17) is 11.6 Å². The number of aryl methyl sites for hydroxylation is 1. The largest absolute Gasteiger partial charge is 0.349 e. The molecule has 0 amide bonds. The van der Waals surface area contributed by atoms with Gasteiger partial charge in [-0.25, -0.2) is 0 Å². The monoisotopic (exact) mass is 299 g/mol. The second kappa shape index (κ2) is 6.82. The van der Waals surface area contributed by atoms with Crippen LogP contribution < -0.4 is 4.90 Å². The summed E-state index contributed by atoms with van der Waals surface area (Å²) in [5.74, 6) is 0. The van der Waals surface area contributed by atoms with E-state index in [1.165, 1.54) is 5.56 Å². The topological polar surface area (TPSA) is 3.24 Å². The summed E-state index contributed by atoms with van der Waals surface area (Å²) in [5, 5.41) is 0.789. The van der Waals surface area contributed by atoms with Gasteiger partial charge in [0.15, 0.2) is 0 Å². The Hall–Kier alpha value is -1.73. The quantitative estimate of drug-likeness (QED) is 0.648. The summed E-state index contributed by atoms with van der Waals surface area (Å²) >= 11 is 6.30. The number of allylic oxidation sites excluding steroid dienone is 1. The second-order valence-corrected chi connectivity index (χ2v) is 5.81. The normalized spacial score (nSPS) is 10.5. The van der Waals surface area contributed by atoms with E-state index in [9.17, 15) is 0 Å². The van der Waals surface area contributed by atoms with Gasteiger partial charge in [0.2, 0.25) is 0 Å². The first-order chi connectivity index (χ1) is 10.0. The van der Waals surface area contributed by atoms with Crippen LogP contribution in [0.3, 0.4) is 0 Å². The second-order valence-electron chi connectivity index (χ2n) is 5.41. The van der Waals surface area contributed by atoms with Crippen LogP contribution >= 0.6 is 11.6 Å². The van der Waals surface area contributed by atoms with Gasteiger partial charge in [-0.2, -0.15) is 0 Å². The Morgan fingerprint density at radius 3 is 2.43 bits per heavy atom. The molecule has 0 N–H and O–H groups in total. The van der Waals surface area contributed by atoms with Crippen LogP contribution in [-0.4, -0.2) is 7.05 Å². The van der Waals surface area contributed by atoms with E-state index < -0.39 is 0 Å². The van der Waals surface area contributed by atoms with Crippen LogP contribution in [0, 0.1) is 6.92 Å². The molecule has 0 aliphatic rings. The zero-order chi connectivity index (χ0) is 15.4. The molecule has 2 aromatic rings. The van der Waals surface area contributed by atoms with E-state index in [2.05, 4.69) is 62.7 Å². The Balaban J connectivity index is 2.26. The molecule has 0 aliphatic carbocycles. The van der Waals surface area contributed by atoms with Crippen LogP contribution in [0.25, 0.3) is 11.1 Å². The van der Waals surface area contributed by atoms with Crippen molar-refractivity contribution in [3.8, 4) is 11.1 Å². The summed E-state index contributed by atoms with van der Waals surface area (Å²) in [4.78, 5) is 2.14. The van der Waals surface area contributed by atoms with Crippen molar-refractivity contribution in [3.63, 3.8) is 0 Å². The summed E-state index contributed by atoms with van der Waals surface area (Å²) in [6.07, 6.45) is 2.13. The smallest absolute Gasteiger partial charge is 0.0484 e. The summed E-state index contributed by atoms with van der Waals surface area (Å²) in [6, 6.07) is 14.6. The molecule has 0 spiro atoms. The van der Waals surface area contributed by atoms with Crippen molar-refractivity contribution < 1.29 is 0 Å². The predicted octanol–water partition coefficient (Wildman–Crippen LogP) is 6.07. The molecule has 2 aromatic carbocycles. The van der Waals surface area contributed by atoms with Gasteiger partial charge in [0, 0.05) is 29.0 Å². The van der Waals surface area contributed by atoms with Crippen molar-refractivity contribution in [1.82, 2.24) is 0 Å². The van der Waals surface area contributed by atoms with E-state index in [1.54, 1.807) is 0 Å². The van der Waals surface area contributed by atoms with Crippen LogP contribution in [0.4, 0.5) is 5.69 Å². The van der Waals surface area contributed by atoms with Gasteiger partial charge in [0.05, 0.1) is 0 Å². The Morgan fingerprint density at radius 1 is 1.14 bits per heavy atom. The molecule has 0 aromatic heterocycles. The molecule has 0 bridgehead atoms. The van der Waals surface area contributed by atoms with E-state index in [1.807, 2.05) is 12.1 Å². The fourth-order valence-electron chi connectivity index (χ4n) is 2.36. The Kier molecular flexibility index (Phi) is 5.08. The van der Waals surface area contributed by atoms with E-state index in [0.29, 0.717) is 0 Å². The minimum absolute atomic E-state index is 0.789.